The number of nitrogens with zero attached hydrogens (tertiary/aromatic N) is 1. The summed E-state index contributed by atoms with van der Waals surface area (Å²) in [6.07, 6.45) is 4.89. The van der Waals surface area contributed by atoms with Crippen molar-refractivity contribution in [2.24, 2.45) is 5.92 Å². The first-order valence-corrected chi connectivity index (χ1v) is 5.58. The van der Waals surface area contributed by atoms with Gasteiger partial charge in [-0.25, -0.2) is 0 Å². The summed E-state index contributed by atoms with van der Waals surface area (Å²) in [6.45, 7) is 4.26. The first kappa shape index (κ1) is 12.9. The van der Waals surface area contributed by atoms with Gasteiger partial charge in [-0.3, -0.25) is 9.36 Å². The fourth-order valence-corrected chi connectivity index (χ4v) is 1.73. The summed E-state index contributed by atoms with van der Waals surface area (Å²) in [5.74, 6) is 0.616. The monoisotopic (exact) mass is 224 g/mol. The molecule has 0 unspecified atom stereocenters. The minimum absolute atomic E-state index is 0.0694. The average Bonchev–Trinajstić information content (AvgIpc) is 2.69. The number of rotatable bonds is 6. The molecule has 1 N–H and O–H groups in total. The largest absolute Gasteiger partial charge is 0.305 e. The first-order chi connectivity index (χ1) is 7.63. The molecule has 0 saturated carbocycles. The van der Waals surface area contributed by atoms with Crippen LogP contribution in [-0.2, 0) is 4.84 Å². The van der Waals surface area contributed by atoms with E-state index in [0.717, 1.165) is 6.42 Å². The highest BCUT2D eigenvalue weighted by Crippen LogP contribution is 2.09. The molecule has 0 fully saturated rings. The Hall–Kier alpha value is -1.13. The van der Waals surface area contributed by atoms with Crippen molar-refractivity contribution in [1.29, 1.82) is 0 Å². The number of aromatic nitrogens is 1. The minimum Gasteiger partial charge on any atom is -0.305 e. The van der Waals surface area contributed by atoms with E-state index in [1.165, 1.54) is 0 Å². The highest BCUT2D eigenvalue weighted by atomic mass is 16.6. The summed E-state index contributed by atoms with van der Waals surface area (Å²) in [7, 11) is 1.58. The van der Waals surface area contributed by atoms with Crippen LogP contribution in [0.5, 0.6) is 0 Å². The summed E-state index contributed by atoms with van der Waals surface area (Å²) < 4.78 is 1.60. The number of hydrogen-bond donors (Lipinski definition) is 1. The van der Waals surface area contributed by atoms with E-state index < -0.39 is 0 Å². The molecule has 0 aliphatic carbocycles. The van der Waals surface area contributed by atoms with Gasteiger partial charge in [-0.05, 0) is 24.5 Å². The van der Waals surface area contributed by atoms with Crippen molar-refractivity contribution in [3.8, 4) is 0 Å². The number of hydrogen-bond acceptors (Lipinski definition) is 3. The lowest BCUT2D eigenvalue weighted by atomic mass is 10.0. The van der Waals surface area contributed by atoms with Crippen LogP contribution in [0.3, 0.4) is 0 Å². The van der Waals surface area contributed by atoms with Crippen LogP contribution in [0.15, 0.2) is 24.5 Å². The molecule has 0 saturated heterocycles. The van der Waals surface area contributed by atoms with Gasteiger partial charge in [0.2, 0.25) is 5.91 Å². The Morgan fingerprint density at radius 1 is 1.38 bits per heavy atom. The highest BCUT2D eigenvalue weighted by Gasteiger charge is 2.15. The fourth-order valence-electron chi connectivity index (χ4n) is 1.73. The lowest BCUT2D eigenvalue weighted by Crippen LogP contribution is -2.33. The summed E-state index contributed by atoms with van der Waals surface area (Å²) in [5.41, 5.74) is 2.87. The van der Waals surface area contributed by atoms with Crippen LogP contribution >= 0.6 is 0 Å². The van der Waals surface area contributed by atoms with E-state index >= 15 is 0 Å². The van der Waals surface area contributed by atoms with Crippen LogP contribution in [-0.4, -0.2) is 23.6 Å². The van der Waals surface area contributed by atoms with E-state index in [9.17, 15) is 4.79 Å². The van der Waals surface area contributed by atoms with Gasteiger partial charge in [0.1, 0.15) is 0 Å². The van der Waals surface area contributed by atoms with E-state index in [0.29, 0.717) is 12.3 Å². The van der Waals surface area contributed by atoms with Gasteiger partial charge in [0, 0.05) is 24.9 Å². The van der Waals surface area contributed by atoms with Crippen molar-refractivity contribution in [3.63, 3.8) is 0 Å². The van der Waals surface area contributed by atoms with Gasteiger partial charge in [-0.15, -0.1) is 0 Å². The van der Waals surface area contributed by atoms with Crippen molar-refractivity contribution in [2.75, 3.05) is 7.11 Å². The average molecular weight is 224 g/mol. The third-order valence-electron chi connectivity index (χ3n) is 2.35. The van der Waals surface area contributed by atoms with Gasteiger partial charge in [0.15, 0.2) is 0 Å². The molecular weight excluding hydrogens is 204 g/mol. The van der Waals surface area contributed by atoms with Crippen LogP contribution < -0.4 is 5.48 Å². The van der Waals surface area contributed by atoms with Crippen molar-refractivity contribution >= 4 is 5.91 Å². The third kappa shape index (κ3) is 4.16. The predicted octanol–water partition coefficient (Wildman–Crippen LogP) is 2.08. The Morgan fingerprint density at radius 3 is 2.50 bits per heavy atom. The highest BCUT2D eigenvalue weighted by molar-refractivity contribution is 5.79. The van der Waals surface area contributed by atoms with Crippen LogP contribution in [0.1, 0.15) is 31.5 Å². The minimum atomic E-state index is 0.0694. The Kier molecular flexibility index (Phi) is 5.22. The zero-order chi connectivity index (χ0) is 12.0. The normalized spacial score (nSPS) is 13.0. The SMILES string of the molecule is CON[C@H](CC(=O)n1cccc1)CC(C)C. The summed E-state index contributed by atoms with van der Waals surface area (Å²) in [5, 5.41) is 0. The molecule has 4 nitrogen and oxygen atoms in total. The Morgan fingerprint density at radius 2 is 2.00 bits per heavy atom. The second-order valence-electron chi connectivity index (χ2n) is 4.34. The zero-order valence-electron chi connectivity index (χ0n) is 10.1. The Labute approximate surface area is 96.5 Å². The van der Waals surface area contributed by atoms with E-state index in [-0.39, 0.29) is 11.9 Å². The predicted molar refractivity (Wildman–Crippen MR) is 63.1 cm³/mol. The molecule has 90 valence electrons. The van der Waals surface area contributed by atoms with Gasteiger partial charge in [-0.1, -0.05) is 13.8 Å². The molecule has 1 heterocycles. The van der Waals surface area contributed by atoms with E-state index in [1.807, 2.05) is 12.1 Å². The molecule has 0 aromatic carbocycles. The van der Waals surface area contributed by atoms with Gasteiger partial charge >= 0.3 is 0 Å². The van der Waals surface area contributed by atoms with Gasteiger partial charge < -0.3 is 4.84 Å². The Bertz CT molecular complexity index is 307. The molecule has 0 aliphatic rings. The maximum atomic E-state index is 11.8. The fraction of sp³-hybridized carbons (Fsp3) is 0.583. The van der Waals surface area contributed by atoms with Crippen molar-refractivity contribution in [1.82, 2.24) is 10.0 Å². The molecule has 0 aliphatic heterocycles. The Balaban J connectivity index is 2.51. The molecule has 1 atom stereocenters. The van der Waals surface area contributed by atoms with E-state index in [2.05, 4.69) is 19.3 Å². The van der Waals surface area contributed by atoms with E-state index in [1.54, 1.807) is 24.1 Å². The second kappa shape index (κ2) is 6.45. The molecule has 0 radical (unpaired) electrons. The molecule has 0 bridgehead atoms. The molecule has 4 heteroatoms. The van der Waals surface area contributed by atoms with Crippen LogP contribution in [0, 0.1) is 5.92 Å². The first-order valence-electron chi connectivity index (χ1n) is 5.58. The van der Waals surface area contributed by atoms with E-state index in [4.69, 9.17) is 4.84 Å². The number of carbonyl (C=O) groups excluding carboxylic acids is 1. The lowest BCUT2D eigenvalue weighted by Gasteiger charge is -2.18. The third-order valence-corrected chi connectivity index (χ3v) is 2.35. The number of hydroxylamine groups is 1. The molecule has 0 amide bonds. The topological polar surface area (TPSA) is 43.3 Å². The van der Waals surface area contributed by atoms with Crippen LogP contribution in [0.4, 0.5) is 0 Å². The summed E-state index contributed by atoms with van der Waals surface area (Å²) in [4.78, 5) is 16.8. The summed E-state index contributed by atoms with van der Waals surface area (Å²) in [6, 6.07) is 3.76. The molecule has 0 spiro atoms. The second-order valence-corrected chi connectivity index (χ2v) is 4.34. The maximum absolute atomic E-state index is 11.8. The number of carbonyl (C=O) groups is 1. The van der Waals surface area contributed by atoms with Gasteiger partial charge in [0.05, 0.1) is 7.11 Å². The quantitative estimate of drug-likeness (QED) is 0.752. The molecule has 1 aromatic heterocycles. The summed E-state index contributed by atoms with van der Waals surface area (Å²) >= 11 is 0. The molecular formula is C12H20N2O2. The van der Waals surface area contributed by atoms with Crippen molar-refractivity contribution in [3.05, 3.63) is 24.5 Å². The molecule has 16 heavy (non-hydrogen) atoms. The maximum Gasteiger partial charge on any atom is 0.232 e. The standard InChI is InChI=1S/C12H20N2O2/c1-10(2)8-11(13-16-3)9-12(15)14-6-4-5-7-14/h4-7,10-11,13H,8-9H2,1-3H3/t11-/m0/s1. The van der Waals surface area contributed by atoms with Crippen LogP contribution in [0.25, 0.3) is 0 Å². The van der Waals surface area contributed by atoms with Crippen molar-refractivity contribution < 1.29 is 9.63 Å². The van der Waals surface area contributed by atoms with Gasteiger partial charge in [0.25, 0.3) is 0 Å². The number of nitrogens with one attached hydrogen (secondary N) is 1. The zero-order valence-corrected chi connectivity index (χ0v) is 10.1. The molecule has 1 aromatic rings. The van der Waals surface area contributed by atoms with Crippen LogP contribution in [0.2, 0.25) is 0 Å². The van der Waals surface area contributed by atoms with Gasteiger partial charge in [-0.2, -0.15) is 5.48 Å². The van der Waals surface area contributed by atoms with Crippen molar-refractivity contribution in [2.45, 2.75) is 32.7 Å². The lowest BCUT2D eigenvalue weighted by molar-refractivity contribution is 0.0469. The molecule has 1 rings (SSSR count). The smallest absolute Gasteiger partial charge is 0.232 e.